The Morgan fingerprint density at radius 1 is 1.42 bits per heavy atom. The van der Waals surface area contributed by atoms with Crippen molar-refractivity contribution in [3.63, 3.8) is 0 Å². The van der Waals surface area contributed by atoms with Gasteiger partial charge in [-0.1, -0.05) is 17.9 Å². The van der Waals surface area contributed by atoms with E-state index in [0.29, 0.717) is 5.69 Å². The van der Waals surface area contributed by atoms with Crippen LogP contribution in [0.5, 0.6) is 0 Å². The molecule has 0 aromatic heterocycles. The minimum absolute atomic E-state index is 0.259. The summed E-state index contributed by atoms with van der Waals surface area (Å²) in [5, 5.41) is 8.22. The van der Waals surface area contributed by atoms with Gasteiger partial charge < -0.3 is 5.73 Å². The summed E-state index contributed by atoms with van der Waals surface area (Å²) in [6, 6.07) is 9.23. The molecule has 1 rings (SSSR count). The van der Waals surface area contributed by atoms with Gasteiger partial charge in [-0.15, -0.1) is 0 Å². The van der Waals surface area contributed by atoms with E-state index < -0.39 is 0 Å². The van der Waals surface area contributed by atoms with Crippen LogP contribution in [0.15, 0.2) is 24.3 Å². The van der Waals surface area contributed by atoms with Crippen LogP contribution in [-0.4, -0.2) is 0 Å². The van der Waals surface area contributed by atoms with Gasteiger partial charge in [-0.05, 0) is 18.2 Å². The molecule has 2 heteroatoms. The minimum atomic E-state index is 0.259. The number of anilines is 1. The highest BCUT2D eigenvalue weighted by Gasteiger charge is 1.85. The standard InChI is InChI=1S/C10H8N2/c11-7-2-1-4-9-5-3-6-10(12)8-9/h3,5-6,8H,2,12H2. The van der Waals surface area contributed by atoms with Crippen molar-refractivity contribution < 1.29 is 0 Å². The number of nitrogen functional groups attached to an aromatic ring is 1. The third kappa shape index (κ3) is 2.36. The fourth-order valence-electron chi connectivity index (χ4n) is 0.802. The normalized spacial score (nSPS) is 7.92. The third-order valence-corrected chi connectivity index (χ3v) is 1.29. The number of hydrogen-bond donors (Lipinski definition) is 1. The summed E-state index contributed by atoms with van der Waals surface area (Å²) in [7, 11) is 0. The molecular weight excluding hydrogens is 148 g/mol. The summed E-state index contributed by atoms with van der Waals surface area (Å²) in [6.45, 7) is 0. The van der Waals surface area contributed by atoms with Crippen molar-refractivity contribution in [3.8, 4) is 17.9 Å². The highest BCUT2D eigenvalue weighted by Crippen LogP contribution is 2.04. The van der Waals surface area contributed by atoms with Crippen LogP contribution in [0.4, 0.5) is 5.69 Å². The Hall–Kier alpha value is -1.93. The monoisotopic (exact) mass is 156 g/mol. The molecule has 12 heavy (non-hydrogen) atoms. The maximum atomic E-state index is 8.22. The molecule has 0 unspecified atom stereocenters. The molecule has 2 nitrogen and oxygen atoms in total. The summed E-state index contributed by atoms with van der Waals surface area (Å²) in [5.41, 5.74) is 7.08. The van der Waals surface area contributed by atoms with Crippen LogP contribution in [0.3, 0.4) is 0 Å². The van der Waals surface area contributed by atoms with Crippen LogP contribution in [-0.2, 0) is 0 Å². The fourth-order valence-corrected chi connectivity index (χ4v) is 0.802. The number of nitriles is 1. The number of benzene rings is 1. The van der Waals surface area contributed by atoms with E-state index in [0.717, 1.165) is 5.56 Å². The van der Waals surface area contributed by atoms with Gasteiger partial charge in [-0.25, -0.2) is 0 Å². The first-order valence-electron chi connectivity index (χ1n) is 3.54. The van der Waals surface area contributed by atoms with E-state index in [1.807, 2.05) is 18.2 Å². The van der Waals surface area contributed by atoms with Crippen molar-refractivity contribution in [1.29, 1.82) is 5.26 Å². The largest absolute Gasteiger partial charge is 0.399 e. The molecule has 0 spiro atoms. The molecule has 0 bridgehead atoms. The van der Waals surface area contributed by atoms with Gasteiger partial charge in [0, 0.05) is 11.3 Å². The van der Waals surface area contributed by atoms with Crippen molar-refractivity contribution in [2.75, 3.05) is 5.73 Å². The molecule has 0 radical (unpaired) electrons. The van der Waals surface area contributed by atoms with Gasteiger partial charge in [0.2, 0.25) is 0 Å². The molecule has 0 aliphatic heterocycles. The third-order valence-electron chi connectivity index (χ3n) is 1.29. The van der Waals surface area contributed by atoms with Gasteiger partial charge >= 0.3 is 0 Å². The molecule has 0 saturated carbocycles. The molecule has 58 valence electrons. The number of hydrogen-bond acceptors (Lipinski definition) is 2. The average molecular weight is 156 g/mol. The predicted octanol–water partition coefficient (Wildman–Crippen LogP) is 1.53. The topological polar surface area (TPSA) is 49.8 Å². The van der Waals surface area contributed by atoms with E-state index in [4.69, 9.17) is 11.0 Å². The molecule has 2 N–H and O–H groups in total. The first-order valence-corrected chi connectivity index (χ1v) is 3.54. The summed E-state index contributed by atoms with van der Waals surface area (Å²) >= 11 is 0. The quantitative estimate of drug-likeness (QED) is 0.457. The van der Waals surface area contributed by atoms with Gasteiger partial charge in [0.25, 0.3) is 0 Å². The average Bonchev–Trinajstić information content (AvgIpc) is 2.05. The number of rotatable bonds is 0. The molecule has 0 saturated heterocycles. The Balaban J connectivity index is 2.79. The maximum absolute atomic E-state index is 8.22. The lowest BCUT2D eigenvalue weighted by Crippen LogP contribution is -1.83. The second-order valence-corrected chi connectivity index (χ2v) is 2.26. The molecule has 0 heterocycles. The van der Waals surface area contributed by atoms with E-state index >= 15 is 0 Å². The van der Waals surface area contributed by atoms with Crippen molar-refractivity contribution in [3.05, 3.63) is 29.8 Å². The first kappa shape index (κ1) is 8.17. The second kappa shape index (κ2) is 4.05. The molecule has 1 aromatic carbocycles. The lowest BCUT2D eigenvalue weighted by molar-refractivity contribution is 1.39. The van der Waals surface area contributed by atoms with Crippen LogP contribution in [0.1, 0.15) is 12.0 Å². The lowest BCUT2D eigenvalue weighted by atomic mass is 10.2. The van der Waals surface area contributed by atoms with Crippen molar-refractivity contribution in [1.82, 2.24) is 0 Å². The van der Waals surface area contributed by atoms with Crippen LogP contribution in [0.25, 0.3) is 0 Å². The van der Waals surface area contributed by atoms with Crippen LogP contribution in [0.2, 0.25) is 0 Å². The molecule has 0 aliphatic carbocycles. The molecule has 0 amide bonds. The first-order chi connectivity index (χ1) is 5.83. The minimum Gasteiger partial charge on any atom is -0.399 e. The van der Waals surface area contributed by atoms with Crippen molar-refractivity contribution in [2.24, 2.45) is 0 Å². The zero-order chi connectivity index (χ0) is 8.81. The molecule has 1 aromatic rings. The highest BCUT2D eigenvalue weighted by molar-refractivity contribution is 5.47. The lowest BCUT2D eigenvalue weighted by Gasteiger charge is -1.91. The fraction of sp³-hybridized carbons (Fsp3) is 0.100. The van der Waals surface area contributed by atoms with Crippen LogP contribution >= 0.6 is 0 Å². The zero-order valence-electron chi connectivity index (χ0n) is 6.54. The summed E-state index contributed by atoms with van der Waals surface area (Å²) in [5.74, 6) is 5.55. The Labute approximate surface area is 71.6 Å². The van der Waals surface area contributed by atoms with Gasteiger partial charge in [0.15, 0.2) is 0 Å². The van der Waals surface area contributed by atoms with Gasteiger partial charge in [0.05, 0.1) is 12.5 Å². The number of nitrogens with two attached hydrogens (primary N) is 1. The smallest absolute Gasteiger partial charge is 0.0966 e. The zero-order valence-corrected chi connectivity index (χ0v) is 6.54. The van der Waals surface area contributed by atoms with Gasteiger partial charge in [-0.3, -0.25) is 0 Å². The Bertz CT molecular complexity index is 363. The van der Waals surface area contributed by atoms with Gasteiger partial charge in [0.1, 0.15) is 0 Å². The van der Waals surface area contributed by atoms with E-state index in [-0.39, 0.29) is 6.42 Å². The van der Waals surface area contributed by atoms with Crippen molar-refractivity contribution >= 4 is 5.69 Å². The van der Waals surface area contributed by atoms with Crippen LogP contribution < -0.4 is 5.73 Å². The molecule has 0 atom stereocenters. The van der Waals surface area contributed by atoms with E-state index in [1.54, 1.807) is 12.1 Å². The number of nitrogens with zero attached hydrogens (tertiary/aromatic N) is 1. The molecule has 0 aliphatic rings. The maximum Gasteiger partial charge on any atom is 0.0966 e. The van der Waals surface area contributed by atoms with Gasteiger partial charge in [-0.2, -0.15) is 5.26 Å². The highest BCUT2D eigenvalue weighted by atomic mass is 14.5. The second-order valence-electron chi connectivity index (χ2n) is 2.26. The van der Waals surface area contributed by atoms with E-state index in [9.17, 15) is 0 Å². The Morgan fingerprint density at radius 3 is 2.92 bits per heavy atom. The van der Waals surface area contributed by atoms with Crippen LogP contribution in [0, 0.1) is 23.2 Å². The molecular formula is C10H8N2. The summed E-state index contributed by atoms with van der Waals surface area (Å²) in [4.78, 5) is 0. The summed E-state index contributed by atoms with van der Waals surface area (Å²) in [6.07, 6.45) is 0.259. The SMILES string of the molecule is N#CCC#Cc1cccc(N)c1. The predicted molar refractivity (Wildman–Crippen MR) is 48.0 cm³/mol. The van der Waals surface area contributed by atoms with E-state index in [1.165, 1.54) is 0 Å². The Kier molecular flexibility index (Phi) is 2.76. The summed E-state index contributed by atoms with van der Waals surface area (Å²) < 4.78 is 0. The van der Waals surface area contributed by atoms with E-state index in [2.05, 4.69) is 11.8 Å². The van der Waals surface area contributed by atoms with Crippen molar-refractivity contribution in [2.45, 2.75) is 6.42 Å². The molecule has 0 fully saturated rings. The Morgan fingerprint density at radius 2 is 2.25 bits per heavy atom.